The van der Waals surface area contributed by atoms with Gasteiger partial charge in [-0.2, -0.15) is 0 Å². The largest absolute Gasteiger partial charge is 0.378 e. The molecule has 120 valence electrons. The van der Waals surface area contributed by atoms with E-state index in [-0.39, 0.29) is 5.69 Å². The van der Waals surface area contributed by atoms with E-state index in [0.717, 1.165) is 19.2 Å². The Bertz CT molecular complexity index is 557. The Labute approximate surface area is 127 Å². The van der Waals surface area contributed by atoms with E-state index in [4.69, 9.17) is 4.74 Å². The number of ether oxygens (including phenoxy) is 1. The summed E-state index contributed by atoms with van der Waals surface area (Å²) in [6, 6.07) is 2.66. The molecule has 0 atom stereocenters. The molecular formula is C14H19FN4O3. The van der Waals surface area contributed by atoms with Crippen LogP contribution < -0.4 is 15.1 Å². The third-order valence-corrected chi connectivity index (χ3v) is 4.05. The van der Waals surface area contributed by atoms with Crippen molar-refractivity contribution in [3.05, 3.63) is 28.1 Å². The molecule has 0 unspecified atom stereocenters. The molecule has 0 saturated carbocycles. The standard InChI is InChI=1S/C14H19FN4O3/c15-11-9-14(19(20)21)13(17-3-1-16-2-4-17)10-12(11)18-5-7-22-8-6-18/h9-10,16H,1-8H2. The van der Waals surface area contributed by atoms with Gasteiger partial charge in [0.1, 0.15) is 5.69 Å². The van der Waals surface area contributed by atoms with Crippen LogP contribution in [-0.4, -0.2) is 57.4 Å². The van der Waals surface area contributed by atoms with E-state index in [1.165, 1.54) is 0 Å². The molecule has 2 fully saturated rings. The lowest BCUT2D eigenvalue weighted by molar-refractivity contribution is -0.384. The molecule has 3 rings (SSSR count). The average molecular weight is 310 g/mol. The van der Waals surface area contributed by atoms with E-state index in [9.17, 15) is 14.5 Å². The summed E-state index contributed by atoms with van der Waals surface area (Å²) in [5.41, 5.74) is 0.744. The molecule has 0 aromatic heterocycles. The van der Waals surface area contributed by atoms with E-state index in [0.29, 0.717) is 50.8 Å². The summed E-state index contributed by atoms with van der Waals surface area (Å²) in [4.78, 5) is 14.6. The van der Waals surface area contributed by atoms with E-state index in [1.807, 2.05) is 9.80 Å². The van der Waals surface area contributed by atoms with E-state index in [1.54, 1.807) is 6.07 Å². The maximum atomic E-state index is 14.3. The fourth-order valence-electron chi connectivity index (χ4n) is 2.89. The molecule has 0 bridgehead atoms. The van der Waals surface area contributed by atoms with Gasteiger partial charge >= 0.3 is 0 Å². The number of nitrogens with one attached hydrogen (secondary N) is 1. The van der Waals surface area contributed by atoms with Crippen LogP contribution in [0.5, 0.6) is 0 Å². The topological polar surface area (TPSA) is 70.9 Å². The van der Waals surface area contributed by atoms with Crippen LogP contribution in [0.25, 0.3) is 0 Å². The number of nitro groups is 1. The fourth-order valence-corrected chi connectivity index (χ4v) is 2.89. The number of nitro benzene ring substituents is 1. The number of halogens is 1. The summed E-state index contributed by atoms with van der Waals surface area (Å²) in [7, 11) is 0. The minimum Gasteiger partial charge on any atom is -0.378 e. The van der Waals surface area contributed by atoms with Crippen molar-refractivity contribution < 1.29 is 14.1 Å². The molecule has 0 spiro atoms. The van der Waals surface area contributed by atoms with E-state index < -0.39 is 10.7 Å². The molecule has 2 aliphatic rings. The Balaban J connectivity index is 1.98. The van der Waals surface area contributed by atoms with Crippen molar-refractivity contribution in [2.24, 2.45) is 0 Å². The van der Waals surface area contributed by atoms with Crippen LogP contribution in [0.2, 0.25) is 0 Å². The van der Waals surface area contributed by atoms with Crippen molar-refractivity contribution >= 4 is 17.1 Å². The molecule has 1 N–H and O–H groups in total. The molecule has 0 aliphatic carbocycles. The number of hydrogen-bond acceptors (Lipinski definition) is 6. The molecule has 2 aliphatic heterocycles. The van der Waals surface area contributed by atoms with Crippen molar-refractivity contribution in [3.63, 3.8) is 0 Å². The highest BCUT2D eigenvalue weighted by atomic mass is 19.1. The zero-order chi connectivity index (χ0) is 15.5. The minimum absolute atomic E-state index is 0.170. The first kappa shape index (κ1) is 15.0. The van der Waals surface area contributed by atoms with Gasteiger partial charge in [0, 0.05) is 39.3 Å². The van der Waals surface area contributed by atoms with Crippen molar-refractivity contribution in [1.29, 1.82) is 0 Å². The smallest absolute Gasteiger partial charge is 0.295 e. The van der Waals surface area contributed by atoms with Gasteiger partial charge < -0.3 is 19.9 Å². The normalized spacial score (nSPS) is 19.3. The highest BCUT2D eigenvalue weighted by molar-refractivity contribution is 5.71. The lowest BCUT2D eigenvalue weighted by atomic mass is 10.1. The third-order valence-electron chi connectivity index (χ3n) is 4.05. The number of anilines is 2. The molecule has 0 radical (unpaired) electrons. The minimum atomic E-state index is -0.549. The summed E-state index contributed by atoms with van der Waals surface area (Å²) >= 11 is 0. The number of piperazine rings is 1. The average Bonchev–Trinajstić information content (AvgIpc) is 2.56. The van der Waals surface area contributed by atoms with E-state index >= 15 is 0 Å². The maximum Gasteiger partial charge on any atom is 0.295 e. The predicted octanol–water partition coefficient (Wildman–Crippen LogP) is 0.980. The molecule has 1 aromatic carbocycles. The Kier molecular flexibility index (Phi) is 4.39. The van der Waals surface area contributed by atoms with Gasteiger partial charge in [0.25, 0.3) is 5.69 Å². The second kappa shape index (κ2) is 6.45. The van der Waals surface area contributed by atoms with Gasteiger partial charge in [-0.3, -0.25) is 10.1 Å². The number of morpholine rings is 1. The van der Waals surface area contributed by atoms with Gasteiger partial charge in [-0.1, -0.05) is 0 Å². The van der Waals surface area contributed by atoms with E-state index in [2.05, 4.69) is 5.32 Å². The SMILES string of the molecule is O=[N+]([O-])c1cc(F)c(N2CCOCC2)cc1N1CCNCC1. The first-order valence-corrected chi connectivity index (χ1v) is 7.43. The number of nitrogens with zero attached hydrogens (tertiary/aromatic N) is 3. The summed E-state index contributed by atoms with van der Waals surface area (Å²) < 4.78 is 19.6. The Morgan fingerprint density at radius 3 is 2.36 bits per heavy atom. The highest BCUT2D eigenvalue weighted by Gasteiger charge is 2.26. The van der Waals surface area contributed by atoms with Crippen molar-refractivity contribution in [2.45, 2.75) is 0 Å². The zero-order valence-corrected chi connectivity index (χ0v) is 12.3. The molecule has 8 heteroatoms. The Hall–Kier alpha value is -1.93. The van der Waals surface area contributed by atoms with Gasteiger partial charge in [-0.15, -0.1) is 0 Å². The van der Waals surface area contributed by atoms with Crippen LogP contribution in [0.3, 0.4) is 0 Å². The van der Waals surface area contributed by atoms with Gasteiger partial charge in [0.15, 0.2) is 5.82 Å². The number of benzene rings is 1. The van der Waals surface area contributed by atoms with Crippen molar-refractivity contribution in [1.82, 2.24) is 5.32 Å². The lowest BCUT2D eigenvalue weighted by Gasteiger charge is -2.32. The van der Waals surface area contributed by atoms with Crippen LogP contribution in [0, 0.1) is 15.9 Å². The summed E-state index contributed by atoms with van der Waals surface area (Å²) in [6.45, 7) is 5.15. The second-order valence-corrected chi connectivity index (χ2v) is 5.39. The van der Waals surface area contributed by atoms with Crippen LogP contribution >= 0.6 is 0 Å². The summed E-state index contributed by atoms with van der Waals surface area (Å²) in [5, 5.41) is 14.5. The van der Waals surface area contributed by atoms with Gasteiger partial charge in [0.2, 0.25) is 0 Å². The Morgan fingerprint density at radius 1 is 1.09 bits per heavy atom. The molecule has 1 aromatic rings. The molecular weight excluding hydrogens is 291 g/mol. The molecule has 2 heterocycles. The van der Waals surface area contributed by atoms with Gasteiger partial charge in [-0.05, 0) is 6.07 Å². The van der Waals surface area contributed by atoms with Gasteiger partial charge in [-0.25, -0.2) is 4.39 Å². The highest BCUT2D eigenvalue weighted by Crippen LogP contribution is 2.35. The Morgan fingerprint density at radius 2 is 1.73 bits per heavy atom. The summed E-state index contributed by atoms with van der Waals surface area (Å²) in [6.07, 6.45) is 0. The lowest BCUT2D eigenvalue weighted by Crippen LogP contribution is -2.44. The van der Waals surface area contributed by atoms with Crippen LogP contribution in [0.4, 0.5) is 21.5 Å². The monoisotopic (exact) mass is 310 g/mol. The van der Waals surface area contributed by atoms with Gasteiger partial charge in [0.05, 0.1) is 29.9 Å². The van der Waals surface area contributed by atoms with Crippen molar-refractivity contribution in [3.8, 4) is 0 Å². The second-order valence-electron chi connectivity index (χ2n) is 5.39. The molecule has 22 heavy (non-hydrogen) atoms. The van der Waals surface area contributed by atoms with Crippen LogP contribution in [-0.2, 0) is 4.74 Å². The molecule has 7 nitrogen and oxygen atoms in total. The maximum absolute atomic E-state index is 14.3. The fraction of sp³-hybridized carbons (Fsp3) is 0.571. The quantitative estimate of drug-likeness (QED) is 0.663. The first-order valence-electron chi connectivity index (χ1n) is 7.43. The zero-order valence-electron chi connectivity index (χ0n) is 12.3. The number of hydrogen-bond donors (Lipinski definition) is 1. The van der Waals surface area contributed by atoms with Crippen molar-refractivity contribution in [2.75, 3.05) is 62.3 Å². The molecule has 2 saturated heterocycles. The molecule has 0 amide bonds. The third kappa shape index (κ3) is 2.97. The summed E-state index contributed by atoms with van der Waals surface area (Å²) in [5.74, 6) is -0.549. The number of rotatable bonds is 3. The van der Waals surface area contributed by atoms with Crippen LogP contribution in [0.15, 0.2) is 12.1 Å². The first-order chi connectivity index (χ1) is 10.7. The predicted molar refractivity (Wildman–Crippen MR) is 81.2 cm³/mol. The van der Waals surface area contributed by atoms with Crippen LogP contribution in [0.1, 0.15) is 0 Å².